The van der Waals surface area contributed by atoms with Gasteiger partial charge in [0.1, 0.15) is 0 Å². The lowest BCUT2D eigenvalue weighted by molar-refractivity contribution is 0.108. The molecule has 1 fully saturated rings. The van der Waals surface area contributed by atoms with Crippen molar-refractivity contribution in [1.29, 1.82) is 0 Å². The first kappa shape index (κ1) is 17.9. The molecule has 1 unspecified atom stereocenters. The zero-order valence-corrected chi connectivity index (χ0v) is 13.7. The lowest BCUT2D eigenvalue weighted by atomic mass is 10.0. The molecule has 0 aromatic heterocycles. The van der Waals surface area contributed by atoms with E-state index in [1.807, 2.05) is 0 Å². The molecule has 0 radical (unpaired) electrons. The van der Waals surface area contributed by atoms with E-state index in [9.17, 15) is 8.42 Å². The smallest absolute Gasteiger partial charge is 0.211 e. The minimum Gasteiger partial charge on any atom is -0.381 e. The number of sulfonamides is 1. The fourth-order valence-electron chi connectivity index (χ4n) is 2.26. The van der Waals surface area contributed by atoms with Gasteiger partial charge < -0.3 is 10.1 Å². The van der Waals surface area contributed by atoms with Crippen LogP contribution >= 0.6 is 0 Å². The number of nitrogens with one attached hydrogen (secondary N) is 2. The molecule has 120 valence electrons. The zero-order chi connectivity index (χ0) is 14.8. The van der Waals surface area contributed by atoms with Gasteiger partial charge in [-0.2, -0.15) is 0 Å². The van der Waals surface area contributed by atoms with E-state index >= 15 is 0 Å². The Balaban J connectivity index is 2.05. The first-order valence-electron chi connectivity index (χ1n) is 7.78. The molecule has 1 heterocycles. The molecular formula is C14H30N2O3S. The van der Waals surface area contributed by atoms with E-state index in [1.54, 1.807) is 0 Å². The van der Waals surface area contributed by atoms with E-state index in [0.29, 0.717) is 31.5 Å². The van der Waals surface area contributed by atoms with Crippen molar-refractivity contribution in [3.8, 4) is 0 Å². The number of hydrogen-bond acceptors (Lipinski definition) is 4. The van der Waals surface area contributed by atoms with Gasteiger partial charge in [-0.3, -0.25) is 0 Å². The molecule has 6 heteroatoms. The maximum absolute atomic E-state index is 11.8. The van der Waals surface area contributed by atoms with Gasteiger partial charge in [-0.05, 0) is 38.1 Å². The number of piperidine rings is 1. The van der Waals surface area contributed by atoms with Gasteiger partial charge in [0.05, 0.1) is 5.75 Å². The van der Waals surface area contributed by atoms with Crippen molar-refractivity contribution in [3.05, 3.63) is 0 Å². The van der Waals surface area contributed by atoms with Crippen LogP contribution in [-0.4, -0.2) is 46.5 Å². The minimum absolute atomic E-state index is 0.220. The lowest BCUT2D eigenvalue weighted by Crippen LogP contribution is -2.37. The first-order chi connectivity index (χ1) is 9.49. The Morgan fingerprint density at radius 2 is 2.15 bits per heavy atom. The summed E-state index contributed by atoms with van der Waals surface area (Å²) >= 11 is 0. The van der Waals surface area contributed by atoms with Crippen LogP contribution in [-0.2, 0) is 14.8 Å². The molecular weight excluding hydrogens is 276 g/mol. The summed E-state index contributed by atoms with van der Waals surface area (Å²) in [7, 11) is -3.13. The van der Waals surface area contributed by atoms with Crippen LogP contribution in [0.4, 0.5) is 0 Å². The van der Waals surface area contributed by atoms with E-state index < -0.39 is 10.0 Å². The van der Waals surface area contributed by atoms with Crippen LogP contribution in [0.1, 0.15) is 46.0 Å². The molecule has 0 amide bonds. The zero-order valence-electron chi connectivity index (χ0n) is 12.9. The van der Waals surface area contributed by atoms with Crippen molar-refractivity contribution >= 4 is 10.0 Å². The van der Waals surface area contributed by atoms with Gasteiger partial charge in [0.2, 0.25) is 10.0 Å². The van der Waals surface area contributed by atoms with Gasteiger partial charge in [-0.15, -0.1) is 0 Å². The monoisotopic (exact) mass is 306 g/mol. The van der Waals surface area contributed by atoms with Crippen molar-refractivity contribution in [2.75, 3.05) is 32.1 Å². The van der Waals surface area contributed by atoms with E-state index in [1.165, 1.54) is 12.8 Å². The molecule has 1 saturated heterocycles. The van der Waals surface area contributed by atoms with E-state index in [2.05, 4.69) is 23.9 Å². The summed E-state index contributed by atoms with van der Waals surface area (Å²) in [5, 5.41) is 3.37. The van der Waals surface area contributed by atoms with Gasteiger partial charge in [0, 0.05) is 25.8 Å². The molecule has 0 aromatic rings. The summed E-state index contributed by atoms with van der Waals surface area (Å²) in [6.07, 6.45) is 4.95. The summed E-state index contributed by atoms with van der Waals surface area (Å²) in [5.41, 5.74) is 0. The topological polar surface area (TPSA) is 67.4 Å². The summed E-state index contributed by atoms with van der Waals surface area (Å²) in [5.74, 6) is 0.743. The molecule has 0 spiro atoms. The highest BCUT2D eigenvalue weighted by molar-refractivity contribution is 7.89. The maximum Gasteiger partial charge on any atom is 0.211 e. The van der Waals surface area contributed by atoms with Gasteiger partial charge in [-0.1, -0.05) is 20.3 Å². The van der Waals surface area contributed by atoms with Crippen molar-refractivity contribution < 1.29 is 13.2 Å². The van der Waals surface area contributed by atoms with Gasteiger partial charge in [0.25, 0.3) is 0 Å². The van der Waals surface area contributed by atoms with Crippen molar-refractivity contribution in [2.24, 2.45) is 5.92 Å². The van der Waals surface area contributed by atoms with Gasteiger partial charge >= 0.3 is 0 Å². The SMILES string of the molecule is CC(C)COCCCNS(=O)(=O)CCC1CCCCN1. The van der Waals surface area contributed by atoms with Crippen LogP contribution in [0.3, 0.4) is 0 Å². The predicted molar refractivity (Wildman–Crippen MR) is 82.3 cm³/mol. The fraction of sp³-hybridized carbons (Fsp3) is 1.00. The van der Waals surface area contributed by atoms with Crippen molar-refractivity contribution in [1.82, 2.24) is 10.0 Å². The van der Waals surface area contributed by atoms with Crippen LogP contribution in [0.25, 0.3) is 0 Å². The molecule has 0 aromatic carbocycles. The molecule has 2 N–H and O–H groups in total. The average Bonchev–Trinajstić information content (AvgIpc) is 2.41. The predicted octanol–water partition coefficient (Wildman–Crippen LogP) is 1.50. The maximum atomic E-state index is 11.8. The number of ether oxygens (including phenoxy) is 1. The molecule has 1 aliphatic rings. The highest BCUT2D eigenvalue weighted by Crippen LogP contribution is 2.10. The normalized spacial score (nSPS) is 20.4. The Kier molecular flexibility index (Phi) is 8.68. The summed E-state index contributed by atoms with van der Waals surface area (Å²) in [6, 6.07) is 0.370. The third-order valence-corrected chi connectivity index (χ3v) is 4.80. The molecule has 0 aliphatic carbocycles. The van der Waals surface area contributed by atoms with Crippen LogP contribution in [0.5, 0.6) is 0 Å². The van der Waals surface area contributed by atoms with E-state index in [0.717, 1.165) is 26.0 Å². The second-order valence-corrected chi connectivity index (χ2v) is 7.90. The number of hydrogen-bond donors (Lipinski definition) is 2. The molecule has 0 bridgehead atoms. The average molecular weight is 306 g/mol. The Labute approximate surface area is 123 Å². The summed E-state index contributed by atoms with van der Waals surface area (Å²) in [6.45, 7) is 7.04. The van der Waals surface area contributed by atoms with Gasteiger partial charge in [-0.25, -0.2) is 13.1 Å². The second-order valence-electron chi connectivity index (χ2n) is 5.97. The minimum atomic E-state index is -3.13. The fourth-order valence-corrected chi connectivity index (χ4v) is 3.46. The van der Waals surface area contributed by atoms with Crippen LogP contribution in [0.2, 0.25) is 0 Å². The van der Waals surface area contributed by atoms with Crippen LogP contribution in [0.15, 0.2) is 0 Å². The Bertz CT molecular complexity index is 338. The molecule has 1 rings (SSSR count). The Morgan fingerprint density at radius 1 is 1.35 bits per heavy atom. The van der Waals surface area contributed by atoms with E-state index in [4.69, 9.17) is 4.74 Å². The summed E-state index contributed by atoms with van der Waals surface area (Å²) in [4.78, 5) is 0. The van der Waals surface area contributed by atoms with Crippen LogP contribution < -0.4 is 10.0 Å². The lowest BCUT2D eigenvalue weighted by Gasteiger charge is -2.23. The summed E-state index contributed by atoms with van der Waals surface area (Å²) < 4.78 is 31.7. The molecule has 1 aliphatic heterocycles. The Morgan fingerprint density at radius 3 is 2.80 bits per heavy atom. The van der Waals surface area contributed by atoms with Crippen molar-refractivity contribution in [3.63, 3.8) is 0 Å². The van der Waals surface area contributed by atoms with E-state index in [-0.39, 0.29) is 5.75 Å². The van der Waals surface area contributed by atoms with Gasteiger partial charge in [0.15, 0.2) is 0 Å². The molecule has 0 saturated carbocycles. The molecule has 20 heavy (non-hydrogen) atoms. The third-order valence-electron chi connectivity index (χ3n) is 3.39. The third kappa shape index (κ3) is 8.89. The first-order valence-corrected chi connectivity index (χ1v) is 9.43. The van der Waals surface area contributed by atoms with Crippen LogP contribution in [0, 0.1) is 5.92 Å². The number of rotatable bonds is 10. The molecule has 5 nitrogen and oxygen atoms in total. The Hall–Kier alpha value is -0.170. The second kappa shape index (κ2) is 9.71. The highest BCUT2D eigenvalue weighted by Gasteiger charge is 2.16. The standard InChI is InChI=1S/C14H30N2O3S/c1-13(2)12-19-10-5-9-16-20(17,18)11-7-14-6-3-4-8-15-14/h13-16H,3-12H2,1-2H3. The van der Waals surface area contributed by atoms with Crippen molar-refractivity contribution in [2.45, 2.75) is 52.0 Å². The molecule has 1 atom stereocenters. The highest BCUT2D eigenvalue weighted by atomic mass is 32.2. The quantitative estimate of drug-likeness (QED) is 0.600. The largest absolute Gasteiger partial charge is 0.381 e.